The second-order valence-corrected chi connectivity index (χ2v) is 5.23. The van der Waals surface area contributed by atoms with E-state index in [9.17, 15) is 13.6 Å². The van der Waals surface area contributed by atoms with Crippen LogP contribution in [0.25, 0.3) is 10.9 Å². The molecule has 0 aliphatic carbocycles. The Labute approximate surface area is 133 Å². The minimum absolute atomic E-state index is 0.0860. The fraction of sp³-hybridized carbons (Fsp3) is 0. The standard InChI is InChI=1S/C14H7Cl2F2N3O/c15-8-1-6(4-20-13(8)16)14(22)21-12-5-19-11-3-10(18)9(17)2-7(11)12/h1-5,19H,(H,21,22). The van der Waals surface area contributed by atoms with Gasteiger partial charge in [0.15, 0.2) is 11.6 Å². The van der Waals surface area contributed by atoms with Crippen LogP contribution < -0.4 is 5.32 Å². The van der Waals surface area contributed by atoms with Gasteiger partial charge in [-0.3, -0.25) is 4.79 Å². The van der Waals surface area contributed by atoms with Crippen LogP contribution in [-0.4, -0.2) is 15.9 Å². The minimum atomic E-state index is -1.00. The highest BCUT2D eigenvalue weighted by Gasteiger charge is 2.14. The van der Waals surface area contributed by atoms with E-state index in [1.165, 1.54) is 18.5 Å². The predicted molar refractivity (Wildman–Crippen MR) is 80.4 cm³/mol. The van der Waals surface area contributed by atoms with Crippen molar-refractivity contribution < 1.29 is 13.6 Å². The van der Waals surface area contributed by atoms with E-state index >= 15 is 0 Å². The third kappa shape index (κ3) is 2.63. The summed E-state index contributed by atoms with van der Waals surface area (Å²) in [5.74, 6) is -2.48. The summed E-state index contributed by atoms with van der Waals surface area (Å²) in [6.45, 7) is 0. The Morgan fingerprint density at radius 2 is 1.91 bits per heavy atom. The molecular formula is C14H7Cl2F2N3O. The summed E-state index contributed by atoms with van der Waals surface area (Å²) in [6.07, 6.45) is 2.70. The van der Waals surface area contributed by atoms with Gasteiger partial charge in [-0.25, -0.2) is 13.8 Å². The molecule has 22 heavy (non-hydrogen) atoms. The molecule has 0 saturated heterocycles. The van der Waals surface area contributed by atoms with Crippen LogP contribution in [0, 0.1) is 11.6 Å². The number of benzene rings is 1. The van der Waals surface area contributed by atoms with Crippen molar-refractivity contribution in [2.45, 2.75) is 0 Å². The number of rotatable bonds is 2. The first-order valence-corrected chi connectivity index (χ1v) is 6.80. The lowest BCUT2D eigenvalue weighted by atomic mass is 10.2. The van der Waals surface area contributed by atoms with Crippen LogP contribution in [-0.2, 0) is 0 Å². The fourth-order valence-corrected chi connectivity index (χ4v) is 2.23. The molecule has 0 bridgehead atoms. The third-order valence-electron chi connectivity index (χ3n) is 3.03. The molecule has 3 rings (SSSR count). The average molecular weight is 342 g/mol. The van der Waals surface area contributed by atoms with E-state index < -0.39 is 17.5 Å². The van der Waals surface area contributed by atoms with Gasteiger partial charge in [-0.15, -0.1) is 0 Å². The van der Waals surface area contributed by atoms with Crippen molar-refractivity contribution in [2.75, 3.05) is 5.32 Å². The van der Waals surface area contributed by atoms with E-state index in [0.29, 0.717) is 16.6 Å². The maximum absolute atomic E-state index is 13.3. The first kappa shape index (κ1) is 14.7. The van der Waals surface area contributed by atoms with Crippen LogP contribution in [0.15, 0.2) is 30.6 Å². The van der Waals surface area contributed by atoms with E-state index in [0.717, 1.165) is 12.1 Å². The zero-order valence-electron chi connectivity index (χ0n) is 10.8. The normalized spacial score (nSPS) is 10.9. The van der Waals surface area contributed by atoms with E-state index in [1.54, 1.807) is 0 Å². The van der Waals surface area contributed by atoms with Crippen LogP contribution in [0.4, 0.5) is 14.5 Å². The zero-order valence-corrected chi connectivity index (χ0v) is 12.3. The lowest BCUT2D eigenvalue weighted by molar-refractivity contribution is 0.102. The molecule has 2 aromatic heterocycles. The molecule has 0 aliphatic rings. The average Bonchev–Trinajstić information content (AvgIpc) is 2.84. The summed E-state index contributed by atoms with van der Waals surface area (Å²) in [5.41, 5.74) is 0.859. The summed E-state index contributed by atoms with van der Waals surface area (Å²) < 4.78 is 26.5. The summed E-state index contributed by atoms with van der Waals surface area (Å²) in [6, 6.07) is 3.38. The Hall–Kier alpha value is -2.18. The third-order valence-corrected chi connectivity index (χ3v) is 3.72. The monoisotopic (exact) mass is 341 g/mol. The number of amides is 1. The number of nitrogens with one attached hydrogen (secondary N) is 2. The van der Waals surface area contributed by atoms with Gasteiger partial charge in [0.2, 0.25) is 0 Å². The number of pyridine rings is 1. The van der Waals surface area contributed by atoms with Gasteiger partial charge in [0.05, 0.1) is 21.8 Å². The number of anilines is 1. The van der Waals surface area contributed by atoms with Gasteiger partial charge in [0.1, 0.15) is 5.15 Å². The first-order valence-electron chi connectivity index (χ1n) is 6.04. The van der Waals surface area contributed by atoms with Gasteiger partial charge in [-0.2, -0.15) is 0 Å². The van der Waals surface area contributed by atoms with E-state index in [1.807, 2.05) is 0 Å². The molecule has 0 fully saturated rings. The number of fused-ring (bicyclic) bond motifs is 1. The Bertz CT molecular complexity index is 895. The molecule has 0 aliphatic heterocycles. The number of aromatic amines is 1. The van der Waals surface area contributed by atoms with Crippen LogP contribution in [0.5, 0.6) is 0 Å². The highest BCUT2D eigenvalue weighted by molar-refractivity contribution is 6.41. The Balaban J connectivity index is 1.94. The molecule has 0 unspecified atom stereocenters. The van der Waals surface area contributed by atoms with Crippen LogP contribution in [0.2, 0.25) is 10.2 Å². The Morgan fingerprint density at radius 3 is 2.64 bits per heavy atom. The minimum Gasteiger partial charge on any atom is -0.359 e. The molecular weight excluding hydrogens is 335 g/mol. The Kier molecular flexibility index (Phi) is 3.72. The molecule has 0 atom stereocenters. The SMILES string of the molecule is O=C(Nc1c[nH]c2cc(F)c(F)cc12)c1cnc(Cl)c(Cl)c1. The second kappa shape index (κ2) is 5.55. The molecule has 2 heterocycles. The number of carbonyl (C=O) groups is 1. The smallest absolute Gasteiger partial charge is 0.257 e. The van der Waals surface area contributed by atoms with Crippen molar-refractivity contribution in [2.24, 2.45) is 0 Å². The summed E-state index contributed by atoms with van der Waals surface area (Å²) in [5, 5.41) is 3.15. The number of aromatic nitrogens is 2. The van der Waals surface area contributed by atoms with Crippen LogP contribution in [0.1, 0.15) is 10.4 Å². The molecule has 1 aromatic carbocycles. The Morgan fingerprint density at radius 1 is 1.18 bits per heavy atom. The van der Waals surface area contributed by atoms with Gasteiger partial charge >= 0.3 is 0 Å². The molecule has 8 heteroatoms. The lowest BCUT2D eigenvalue weighted by Gasteiger charge is -2.05. The van der Waals surface area contributed by atoms with Crippen LogP contribution in [0.3, 0.4) is 0 Å². The van der Waals surface area contributed by atoms with Crippen molar-refractivity contribution in [3.8, 4) is 0 Å². The summed E-state index contributed by atoms with van der Waals surface area (Å²) in [4.78, 5) is 18.7. The number of carbonyl (C=O) groups excluding carboxylic acids is 1. The van der Waals surface area contributed by atoms with E-state index in [-0.39, 0.29) is 15.7 Å². The summed E-state index contributed by atoms with van der Waals surface area (Å²) in [7, 11) is 0. The number of halogens is 4. The second-order valence-electron chi connectivity index (χ2n) is 4.47. The van der Waals surface area contributed by atoms with Gasteiger partial charge in [-0.05, 0) is 12.1 Å². The van der Waals surface area contributed by atoms with Crippen molar-refractivity contribution in [1.29, 1.82) is 0 Å². The molecule has 0 radical (unpaired) electrons. The number of nitrogens with zero attached hydrogens (tertiary/aromatic N) is 1. The van der Waals surface area contributed by atoms with Crippen molar-refractivity contribution >= 4 is 45.7 Å². The molecule has 1 amide bonds. The lowest BCUT2D eigenvalue weighted by Crippen LogP contribution is -2.12. The van der Waals surface area contributed by atoms with Gasteiger partial charge < -0.3 is 10.3 Å². The number of hydrogen-bond acceptors (Lipinski definition) is 2. The van der Waals surface area contributed by atoms with Crippen molar-refractivity contribution in [3.63, 3.8) is 0 Å². The number of hydrogen-bond donors (Lipinski definition) is 2. The number of H-pyrrole nitrogens is 1. The maximum Gasteiger partial charge on any atom is 0.257 e. The molecule has 0 saturated carbocycles. The fourth-order valence-electron chi connectivity index (χ4n) is 1.96. The molecule has 112 valence electrons. The van der Waals surface area contributed by atoms with Crippen molar-refractivity contribution in [1.82, 2.24) is 9.97 Å². The van der Waals surface area contributed by atoms with E-state index in [2.05, 4.69) is 15.3 Å². The van der Waals surface area contributed by atoms with Gasteiger partial charge in [0.25, 0.3) is 5.91 Å². The molecule has 2 N–H and O–H groups in total. The maximum atomic E-state index is 13.3. The molecule has 3 aromatic rings. The zero-order chi connectivity index (χ0) is 15.9. The predicted octanol–water partition coefficient (Wildman–Crippen LogP) is 4.40. The van der Waals surface area contributed by atoms with Gasteiger partial charge in [-0.1, -0.05) is 23.2 Å². The van der Waals surface area contributed by atoms with Gasteiger partial charge in [0, 0.05) is 23.8 Å². The topological polar surface area (TPSA) is 57.8 Å². The largest absolute Gasteiger partial charge is 0.359 e. The first-order chi connectivity index (χ1) is 10.5. The molecule has 0 spiro atoms. The highest BCUT2D eigenvalue weighted by Crippen LogP contribution is 2.26. The van der Waals surface area contributed by atoms with Crippen molar-refractivity contribution in [3.05, 3.63) is 58.0 Å². The highest BCUT2D eigenvalue weighted by atomic mass is 35.5. The van der Waals surface area contributed by atoms with E-state index in [4.69, 9.17) is 23.2 Å². The summed E-state index contributed by atoms with van der Waals surface area (Å²) >= 11 is 11.5. The van der Waals surface area contributed by atoms with Crippen LogP contribution >= 0.6 is 23.2 Å². The quantitative estimate of drug-likeness (QED) is 0.678. The molecule has 4 nitrogen and oxygen atoms in total.